The molecule has 1 N–H and O–H groups in total. The topological polar surface area (TPSA) is 76.7 Å². The Balaban J connectivity index is 1.47. The average Bonchev–Trinajstić information content (AvgIpc) is 3.18. The Labute approximate surface area is 187 Å². The van der Waals surface area contributed by atoms with Gasteiger partial charge in [0.05, 0.1) is 6.54 Å². The van der Waals surface area contributed by atoms with Crippen LogP contribution < -0.4 is 0 Å². The van der Waals surface area contributed by atoms with Crippen molar-refractivity contribution in [1.29, 1.82) is 0 Å². The van der Waals surface area contributed by atoms with Gasteiger partial charge in [-0.05, 0) is 58.9 Å². The Kier molecular flexibility index (Phi) is 4.65. The van der Waals surface area contributed by atoms with Crippen LogP contribution in [0.2, 0.25) is 0 Å². The number of pyridine rings is 1. The Morgan fingerprint density at radius 2 is 1.71 bits per heavy atom. The largest absolute Gasteiger partial charge is 0.433 e. The number of benzene rings is 1. The molecule has 3 aliphatic rings. The van der Waals surface area contributed by atoms with Crippen molar-refractivity contribution in [2.45, 2.75) is 48.9 Å². The second kappa shape index (κ2) is 6.96. The average molecular weight is 487 g/mol. The van der Waals surface area contributed by atoms with Crippen LogP contribution >= 0.6 is 0 Å². The van der Waals surface area contributed by atoms with Crippen molar-refractivity contribution in [3.63, 3.8) is 0 Å². The van der Waals surface area contributed by atoms with Gasteiger partial charge in [0.15, 0.2) is 5.60 Å². The van der Waals surface area contributed by atoms with Crippen LogP contribution in [0, 0.1) is 17.0 Å². The van der Waals surface area contributed by atoms with E-state index < -0.39 is 58.0 Å². The molecule has 3 fully saturated rings. The van der Waals surface area contributed by atoms with Gasteiger partial charge in [-0.25, -0.2) is 22.2 Å². The van der Waals surface area contributed by atoms with Gasteiger partial charge in [-0.15, -0.1) is 5.10 Å². The zero-order valence-corrected chi connectivity index (χ0v) is 17.2. The number of hydrogen-bond donors (Lipinski definition) is 1. The molecule has 0 unspecified atom stereocenters. The van der Waals surface area contributed by atoms with Crippen molar-refractivity contribution < 1.29 is 35.8 Å². The number of aliphatic hydroxyl groups is 1. The van der Waals surface area contributed by atoms with Crippen LogP contribution in [0.3, 0.4) is 0 Å². The second-order valence-electron chi connectivity index (χ2n) is 9.09. The van der Waals surface area contributed by atoms with Crippen LogP contribution in [0.5, 0.6) is 0 Å². The Bertz CT molecular complexity index is 1210. The Morgan fingerprint density at radius 1 is 1.00 bits per heavy atom. The van der Waals surface area contributed by atoms with Gasteiger partial charge in [0.1, 0.15) is 23.7 Å². The van der Waals surface area contributed by atoms with E-state index in [9.17, 15) is 27.1 Å². The molecule has 3 aromatic rings. The first kappa shape index (κ1) is 22.7. The van der Waals surface area contributed by atoms with E-state index in [0.29, 0.717) is 11.6 Å². The lowest BCUT2D eigenvalue weighted by molar-refractivity contribution is -0.347. The van der Waals surface area contributed by atoms with E-state index >= 15 is 8.78 Å². The van der Waals surface area contributed by atoms with Crippen molar-refractivity contribution in [3.05, 3.63) is 71.3 Å². The predicted octanol–water partition coefficient (Wildman–Crippen LogP) is 4.01. The van der Waals surface area contributed by atoms with E-state index in [-0.39, 0.29) is 19.3 Å². The molecule has 1 atom stereocenters. The molecule has 6 rings (SSSR count). The van der Waals surface area contributed by atoms with E-state index in [0.717, 1.165) is 35.4 Å². The molecule has 0 amide bonds. The molecule has 13 heteroatoms. The standard InChI is InChI=1S/C21H16F7N5O/c22-13-2-3-14(15(23)5-13)19(34,10-33-11-30-31-32-33)21(27,28)18-7-17(8-18,9-18)12-1-4-16(29-6-12)20(24,25)26/h1-6,11,34H,7-10H2/t17?,18?,19-/m0/s1. The summed E-state index contributed by atoms with van der Waals surface area (Å²) in [6.07, 6.45) is -3.09. The van der Waals surface area contributed by atoms with Gasteiger partial charge in [0.25, 0.3) is 5.92 Å². The van der Waals surface area contributed by atoms with Crippen molar-refractivity contribution in [2.24, 2.45) is 5.41 Å². The zero-order chi connectivity index (χ0) is 24.6. The summed E-state index contributed by atoms with van der Waals surface area (Å²) in [4.78, 5) is 3.40. The van der Waals surface area contributed by atoms with E-state index in [1.54, 1.807) is 0 Å². The predicted molar refractivity (Wildman–Crippen MR) is 100 cm³/mol. The number of nitrogens with zero attached hydrogens (tertiary/aromatic N) is 5. The van der Waals surface area contributed by atoms with E-state index in [2.05, 4.69) is 20.5 Å². The van der Waals surface area contributed by atoms with Gasteiger partial charge in [-0.2, -0.15) is 13.2 Å². The summed E-state index contributed by atoms with van der Waals surface area (Å²) in [7, 11) is 0. The van der Waals surface area contributed by atoms with E-state index in [1.807, 2.05) is 0 Å². The maximum Gasteiger partial charge on any atom is 0.433 e. The lowest BCUT2D eigenvalue weighted by Gasteiger charge is -2.74. The highest BCUT2D eigenvalue weighted by Gasteiger charge is 2.82. The van der Waals surface area contributed by atoms with Crippen LogP contribution in [0.1, 0.15) is 36.1 Å². The molecule has 6 nitrogen and oxygen atoms in total. The SMILES string of the molecule is O[C@@](Cn1cnnn1)(c1ccc(F)cc1F)C(F)(F)C12CC(c3ccc(C(F)(F)F)nc3)(C1)C2. The molecule has 3 saturated carbocycles. The Hall–Kier alpha value is -3.09. The molecule has 0 saturated heterocycles. The highest BCUT2D eigenvalue weighted by molar-refractivity contribution is 5.42. The van der Waals surface area contributed by atoms with Crippen molar-refractivity contribution in [2.75, 3.05) is 0 Å². The van der Waals surface area contributed by atoms with Crippen molar-refractivity contribution >= 4 is 0 Å². The summed E-state index contributed by atoms with van der Waals surface area (Å²) < 4.78 is 99.3. The molecular weight excluding hydrogens is 471 g/mol. The van der Waals surface area contributed by atoms with Gasteiger partial charge >= 0.3 is 6.18 Å². The van der Waals surface area contributed by atoms with Crippen LogP contribution in [0.25, 0.3) is 0 Å². The van der Waals surface area contributed by atoms with Gasteiger partial charge in [0.2, 0.25) is 0 Å². The summed E-state index contributed by atoms with van der Waals surface area (Å²) in [5.74, 6) is -6.29. The summed E-state index contributed by atoms with van der Waals surface area (Å²) in [6, 6.07) is 3.92. The first-order valence-electron chi connectivity index (χ1n) is 10.1. The lowest BCUT2D eigenvalue weighted by Crippen LogP contribution is -2.76. The summed E-state index contributed by atoms with van der Waals surface area (Å²) in [5.41, 5.74) is -7.22. The number of tetrazole rings is 1. The van der Waals surface area contributed by atoms with Crippen LogP contribution in [-0.4, -0.2) is 36.2 Å². The normalized spacial score (nSPS) is 25.9. The molecule has 0 spiro atoms. The van der Waals surface area contributed by atoms with Crippen LogP contribution in [0.4, 0.5) is 30.7 Å². The van der Waals surface area contributed by atoms with Crippen LogP contribution in [-0.2, 0) is 23.7 Å². The minimum Gasteiger partial charge on any atom is -0.377 e. The van der Waals surface area contributed by atoms with E-state index in [4.69, 9.17) is 0 Å². The first-order chi connectivity index (χ1) is 15.8. The first-order valence-corrected chi connectivity index (χ1v) is 10.1. The number of rotatable bonds is 6. The number of alkyl halides is 5. The maximum absolute atomic E-state index is 16.0. The van der Waals surface area contributed by atoms with Crippen LogP contribution in [0.15, 0.2) is 42.9 Å². The molecule has 180 valence electrons. The maximum atomic E-state index is 16.0. The Morgan fingerprint density at radius 3 is 2.24 bits per heavy atom. The van der Waals surface area contributed by atoms with Crippen molar-refractivity contribution in [3.8, 4) is 0 Å². The fourth-order valence-electron chi connectivity index (χ4n) is 5.41. The third-order valence-corrected chi connectivity index (χ3v) is 7.04. The lowest BCUT2D eigenvalue weighted by atomic mass is 9.30. The van der Waals surface area contributed by atoms with E-state index in [1.165, 1.54) is 6.07 Å². The molecule has 34 heavy (non-hydrogen) atoms. The number of hydrogen-bond acceptors (Lipinski definition) is 5. The number of halogens is 7. The summed E-state index contributed by atoms with van der Waals surface area (Å²) in [5, 5.41) is 21.4. The summed E-state index contributed by atoms with van der Waals surface area (Å²) >= 11 is 0. The molecule has 2 heterocycles. The molecule has 2 aromatic heterocycles. The third-order valence-electron chi connectivity index (χ3n) is 7.04. The molecule has 0 aliphatic heterocycles. The third kappa shape index (κ3) is 3.05. The quantitative estimate of drug-likeness (QED) is 0.532. The fourth-order valence-corrected chi connectivity index (χ4v) is 5.41. The molecule has 0 radical (unpaired) electrons. The molecule has 1 aromatic carbocycles. The van der Waals surface area contributed by atoms with Gasteiger partial charge < -0.3 is 5.11 Å². The summed E-state index contributed by atoms with van der Waals surface area (Å²) in [6.45, 7) is -0.911. The minimum absolute atomic E-state index is 0.152. The molecule has 2 bridgehead atoms. The molecular formula is C21H16F7N5O. The zero-order valence-electron chi connectivity index (χ0n) is 17.2. The highest BCUT2D eigenvalue weighted by Crippen LogP contribution is 2.80. The second-order valence-corrected chi connectivity index (χ2v) is 9.09. The molecule has 3 aliphatic carbocycles. The highest BCUT2D eigenvalue weighted by atomic mass is 19.4. The smallest absolute Gasteiger partial charge is 0.377 e. The minimum atomic E-state index is -4.63. The van der Waals surface area contributed by atoms with Gasteiger partial charge in [-0.1, -0.05) is 6.07 Å². The fraction of sp³-hybridized carbons (Fsp3) is 0.429. The van der Waals surface area contributed by atoms with Gasteiger partial charge in [-0.3, -0.25) is 4.98 Å². The number of aromatic nitrogens is 5. The van der Waals surface area contributed by atoms with Gasteiger partial charge in [0, 0.05) is 23.2 Å². The monoisotopic (exact) mass is 487 g/mol. The van der Waals surface area contributed by atoms with Crippen molar-refractivity contribution in [1.82, 2.24) is 25.2 Å².